The number of hydrogen-bond acceptors (Lipinski definition) is 5. The van der Waals surface area contributed by atoms with Crippen molar-refractivity contribution < 1.29 is 14.0 Å². The molecule has 0 unspecified atom stereocenters. The normalized spacial score (nSPS) is 14.2. The van der Waals surface area contributed by atoms with Gasteiger partial charge in [-0.25, -0.2) is 0 Å². The van der Waals surface area contributed by atoms with E-state index >= 15 is 0 Å². The third-order valence-electron chi connectivity index (χ3n) is 4.05. The summed E-state index contributed by atoms with van der Waals surface area (Å²) < 4.78 is 5.17. The fourth-order valence-electron chi connectivity index (χ4n) is 2.72. The van der Waals surface area contributed by atoms with Crippen molar-refractivity contribution in [1.29, 1.82) is 0 Å². The van der Waals surface area contributed by atoms with Gasteiger partial charge in [-0.1, -0.05) is 6.08 Å². The molecule has 7 heteroatoms. The van der Waals surface area contributed by atoms with Crippen LogP contribution in [0.5, 0.6) is 0 Å². The summed E-state index contributed by atoms with van der Waals surface area (Å²) in [4.78, 5) is 32.3. The van der Waals surface area contributed by atoms with E-state index in [0.29, 0.717) is 44.2 Å². The number of anilines is 1. The molecule has 25 heavy (non-hydrogen) atoms. The van der Waals surface area contributed by atoms with Crippen LogP contribution in [-0.4, -0.2) is 54.4 Å². The molecule has 2 aromatic heterocycles. The highest BCUT2D eigenvalue weighted by Crippen LogP contribution is 2.18. The lowest BCUT2D eigenvalue weighted by atomic mass is 10.2. The molecule has 3 rings (SSSR count). The number of carbonyl (C=O) groups is 2. The quantitative estimate of drug-likeness (QED) is 0.836. The molecule has 1 aliphatic rings. The minimum atomic E-state index is -0.228. The van der Waals surface area contributed by atoms with Gasteiger partial charge in [-0.2, -0.15) is 0 Å². The number of nitrogens with zero attached hydrogens (tertiary/aromatic N) is 3. The molecule has 1 fully saturated rings. The van der Waals surface area contributed by atoms with Crippen LogP contribution in [0.25, 0.3) is 0 Å². The minimum Gasteiger partial charge on any atom is -0.459 e. The summed E-state index contributed by atoms with van der Waals surface area (Å²) in [6, 6.07) is 7.02. The standard InChI is InChI=1S/C18H20N4O3/c1-2-6-20-17(23)15-13-14(5-7-19-15)21-8-10-22(11-9-21)18(24)16-4-3-12-25-16/h2-5,7,12-13H,1,6,8-11H2,(H,20,23). The van der Waals surface area contributed by atoms with Crippen molar-refractivity contribution in [3.05, 3.63) is 60.8 Å². The Hall–Kier alpha value is -3.09. The van der Waals surface area contributed by atoms with Crippen LogP contribution >= 0.6 is 0 Å². The number of piperazine rings is 1. The van der Waals surface area contributed by atoms with Gasteiger partial charge >= 0.3 is 0 Å². The van der Waals surface area contributed by atoms with Gasteiger partial charge in [0.2, 0.25) is 0 Å². The highest BCUT2D eigenvalue weighted by molar-refractivity contribution is 5.93. The summed E-state index contributed by atoms with van der Waals surface area (Å²) in [6.07, 6.45) is 4.74. The topological polar surface area (TPSA) is 78.7 Å². The van der Waals surface area contributed by atoms with Gasteiger partial charge in [-0.15, -0.1) is 6.58 Å². The molecule has 1 saturated heterocycles. The Labute approximate surface area is 145 Å². The summed E-state index contributed by atoms with van der Waals surface area (Å²) in [7, 11) is 0. The van der Waals surface area contributed by atoms with Crippen LogP contribution < -0.4 is 10.2 Å². The number of pyridine rings is 1. The highest BCUT2D eigenvalue weighted by Gasteiger charge is 2.24. The van der Waals surface area contributed by atoms with Gasteiger partial charge in [0.15, 0.2) is 5.76 Å². The second-order valence-corrected chi connectivity index (χ2v) is 5.65. The number of furan rings is 1. The summed E-state index contributed by atoms with van der Waals surface area (Å²) in [5.41, 5.74) is 1.29. The number of nitrogens with one attached hydrogen (secondary N) is 1. The SMILES string of the molecule is C=CCNC(=O)c1cc(N2CCN(C(=O)c3ccco3)CC2)ccn1. The molecule has 1 aliphatic heterocycles. The second kappa shape index (κ2) is 7.65. The van der Waals surface area contributed by atoms with Crippen molar-refractivity contribution in [3.8, 4) is 0 Å². The Morgan fingerprint density at radius 2 is 2.08 bits per heavy atom. The molecule has 1 N–H and O–H groups in total. The fourth-order valence-corrected chi connectivity index (χ4v) is 2.72. The maximum atomic E-state index is 12.3. The molecule has 2 amide bonds. The predicted octanol–water partition coefficient (Wildman–Crippen LogP) is 1.55. The highest BCUT2D eigenvalue weighted by atomic mass is 16.3. The number of amides is 2. The van der Waals surface area contributed by atoms with E-state index in [9.17, 15) is 9.59 Å². The van der Waals surface area contributed by atoms with Crippen molar-refractivity contribution in [3.63, 3.8) is 0 Å². The predicted molar refractivity (Wildman–Crippen MR) is 93.6 cm³/mol. The summed E-state index contributed by atoms with van der Waals surface area (Å²) in [5.74, 6) is 0.0378. The zero-order valence-electron chi connectivity index (χ0n) is 13.9. The van der Waals surface area contributed by atoms with Gasteiger partial charge in [-0.05, 0) is 24.3 Å². The second-order valence-electron chi connectivity index (χ2n) is 5.65. The zero-order valence-corrected chi connectivity index (χ0v) is 13.9. The Morgan fingerprint density at radius 1 is 1.28 bits per heavy atom. The van der Waals surface area contributed by atoms with Crippen LogP contribution in [0.4, 0.5) is 5.69 Å². The molecular weight excluding hydrogens is 320 g/mol. The van der Waals surface area contributed by atoms with Crippen LogP contribution in [0.1, 0.15) is 21.0 Å². The summed E-state index contributed by atoms with van der Waals surface area (Å²) in [6.45, 7) is 6.54. The maximum Gasteiger partial charge on any atom is 0.289 e. The van der Waals surface area contributed by atoms with E-state index in [1.807, 2.05) is 6.07 Å². The van der Waals surface area contributed by atoms with E-state index in [1.165, 1.54) is 6.26 Å². The summed E-state index contributed by atoms with van der Waals surface area (Å²) >= 11 is 0. The lowest BCUT2D eigenvalue weighted by Crippen LogP contribution is -2.48. The molecule has 7 nitrogen and oxygen atoms in total. The maximum absolute atomic E-state index is 12.3. The molecule has 3 heterocycles. The number of rotatable bonds is 5. The third-order valence-corrected chi connectivity index (χ3v) is 4.05. The van der Waals surface area contributed by atoms with Crippen LogP contribution in [0.2, 0.25) is 0 Å². The largest absolute Gasteiger partial charge is 0.459 e. The van der Waals surface area contributed by atoms with Crippen molar-refractivity contribution in [2.75, 3.05) is 37.6 Å². The molecule has 0 aliphatic carbocycles. The molecule has 0 spiro atoms. The van der Waals surface area contributed by atoms with Crippen molar-refractivity contribution in [1.82, 2.24) is 15.2 Å². The number of hydrogen-bond donors (Lipinski definition) is 1. The van der Waals surface area contributed by atoms with Crippen LogP contribution in [0.15, 0.2) is 53.8 Å². The number of aromatic nitrogens is 1. The van der Waals surface area contributed by atoms with E-state index in [4.69, 9.17) is 4.42 Å². The molecule has 0 saturated carbocycles. The van der Waals surface area contributed by atoms with Gasteiger partial charge < -0.3 is 19.5 Å². The monoisotopic (exact) mass is 340 g/mol. The third kappa shape index (κ3) is 3.88. The van der Waals surface area contributed by atoms with Crippen LogP contribution in [0, 0.1) is 0 Å². The Balaban J connectivity index is 1.62. The van der Waals surface area contributed by atoms with E-state index in [0.717, 1.165) is 5.69 Å². The number of carbonyl (C=O) groups excluding carboxylic acids is 2. The minimum absolute atomic E-state index is 0.0936. The van der Waals surface area contributed by atoms with Crippen molar-refractivity contribution in [2.24, 2.45) is 0 Å². The van der Waals surface area contributed by atoms with Gasteiger partial charge in [0.1, 0.15) is 5.69 Å². The van der Waals surface area contributed by atoms with Gasteiger partial charge in [-0.3, -0.25) is 14.6 Å². The Bertz CT molecular complexity index is 749. The average molecular weight is 340 g/mol. The van der Waals surface area contributed by atoms with Gasteiger partial charge in [0.05, 0.1) is 6.26 Å². The first kappa shape index (κ1) is 16.8. The molecule has 2 aromatic rings. The first-order valence-electron chi connectivity index (χ1n) is 8.12. The Kier molecular flexibility index (Phi) is 5.13. The average Bonchev–Trinajstić information content (AvgIpc) is 3.20. The van der Waals surface area contributed by atoms with E-state index < -0.39 is 0 Å². The van der Waals surface area contributed by atoms with Crippen LogP contribution in [0.3, 0.4) is 0 Å². The van der Waals surface area contributed by atoms with E-state index in [1.54, 1.807) is 35.4 Å². The first-order chi connectivity index (χ1) is 12.2. The first-order valence-corrected chi connectivity index (χ1v) is 8.12. The van der Waals surface area contributed by atoms with Crippen molar-refractivity contribution in [2.45, 2.75) is 0 Å². The van der Waals surface area contributed by atoms with Gasteiger partial charge in [0, 0.05) is 44.6 Å². The summed E-state index contributed by atoms with van der Waals surface area (Å²) in [5, 5.41) is 2.72. The van der Waals surface area contributed by atoms with Crippen molar-refractivity contribution >= 4 is 17.5 Å². The molecular formula is C18H20N4O3. The molecule has 0 atom stereocenters. The van der Waals surface area contributed by atoms with Gasteiger partial charge in [0.25, 0.3) is 11.8 Å². The van der Waals surface area contributed by atoms with E-state index in [2.05, 4.69) is 21.8 Å². The fraction of sp³-hybridized carbons (Fsp3) is 0.278. The zero-order chi connectivity index (χ0) is 17.6. The molecule has 0 aromatic carbocycles. The molecule has 130 valence electrons. The lowest BCUT2D eigenvalue weighted by molar-refractivity contribution is 0.0714. The molecule has 0 bridgehead atoms. The lowest BCUT2D eigenvalue weighted by Gasteiger charge is -2.35. The molecule has 0 radical (unpaired) electrons. The van der Waals surface area contributed by atoms with E-state index in [-0.39, 0.29) is 11.8 Å². The smallest absolute Gasteiger partial charge is 0.289 e. The Morgan fingerprint density at radius 3 is 2.76 bits per heavy atom. The van der Waals surface area contributed by atoms with Crippen LogP contribution in [-0.2, 0) is 0 Å².